The van der Waals surface area contributed by atoms with Crippen LogP contribution in [0.3, 0.4) is 0 Å². The molecule has 0 spiro atoms. The van der Waals surface area contributed by atoms with Crippen LogP contribution in [0.4, 0.5) is 0 Å². The van der Waals surface area contributed by atoms with Crippen LogP contribution >= 0.6 is 27.5 Å². The van der Waals surface area contributed by atoms with Crippen LogP contribution in [0.25, 0.3) is 0 Å². The third-order valence-corrected chi connectivity index (χ3v) is 3.28. The summed E-state index contributed by atoms with van der Waals surface area (Å²) in [6.07, 6.45) is 3.03. The maximum atomic E-state index is 12.4. The number of hydrogen-bond acceptors (Lipinski definition) is 4. The predicted octanol–water partition coefficient (Wildman–Crippen LogP) is 2.57. The largest absolute Gasteiger partial charge is 0.383 e. The molecule has 2 aromatic rings. The van der Waals surface area contributed by atoms with Crippen LogP contribution in [0.1, 0.15) is 16.2 Å². The zero-order chi connectivity index (χ0) is 13.8. The summed E-state index contributed by atoms with van der Waals surface area (Å²) < 4.78 is 7.21. The molecule has 0 fully saturated rings. The average Bonchev–Trinajstić information content (AvgIpc) is 2.77. The third kappa shape index (κ3) is 3.20. The van der Waals surface area contributed by atoms with Gasteiger partial charge in [-0.1, -0.05) is 11.6 Å². The van der Waals surface area contributed by atoms with Gasteiger partial charge in [-0.3, -0.25) is 14.5 Å². The number of halogens is 2. The van der Waals surface area contributed by atoms with Gasteiger partial charge in [0.05, 0.1) is 28.8 Å². The first-order chi connectivity index (χ1) is 9.13. The average molecular weight is 345 g/mol. The second-order valence-corrected chi connectivity index (χ2v) is 5.04. The maximum Gasteiger partial charge on any atom is 0.230 e. The van der Waals surface area contributed by atoms with Crippen molar-refractivity contribution in [3.8, 4) is 0 Å². The van der Waals surface area contributed by atoms with Gasteiger partial charge in [0, 0.05) is 13.3 Å². The molecule has 2 heterocycles. The predicted molar refractivity (Wildman–Crippen MR) is 74.5 cm³/mol. The Kier molecular flexibility index (Phi) is 4.68. The number of hydrogen-bond donors (Lipinski definition) is 0. The topological polar surface area (TPSA) is 57.0 Å². The lowest BCUT2D eigenvalue weighted by atomic mass is 10.2. The number of aromatic nitrogens is 3. The fourth-order valence-electron chi connectivity index (χ4n) is 1.57. The van der Waals surface area contributed by atoms with E-state index in [2.05, 4.69) is 26.0 Å². The number of carbonyl (C=O) groups is 1. The molecule has 5 nitrogen and oxygen atoms in total. The normalized spacial score (nSPS) is 10.7. The number of ketones is 1. The standard InChI is InChI=1S/C12H11BrClN3O2/c1-19-5-4-17-11(9(13)7-16-17)12(18)10-3-2-8(14)6-15-10/h2-3,6-7H,4-5H2,1H3. The Morgan fingerprint density at radius 1 is 1.47 bits per heavy atom. The minimum Gasteiger partial charge on any atom is -0.383 e. The molecule has 0 N–H and O–H groups in total. The van der Waals surface area contributed by atoms with Gasteiger partial charge in [-0.25, -0.2) is 0 Å². The highest BCUT2D eigenvalue weighted by molar-refractivity contribution is 9.10. The summed E-state index contributed by atoms with van der Waals surface area (Å²) in [5, 5.41) is 4.62. The summed E-state index contributed by atoms with van der Waals surface area (Å²) in [4.78, 5) is 16.4. The molecule has 100 valence electrons. The molecule has 7 heteroatoms. The molecule has 0 aromatic carbocycles. The quantitative estimate of drug-likeness (QED) is 0.782. The van der Waals surface area contributed by atoms with Crippen molar-refractivity contribution in [2.45, 2.75) is 6.54 Å². The molecular formula is C12H11BrClN3O2. The van der Waals surface area contributed by atoms with E-state index in [4.69, 9.17) is 16.3 Å². The van der Waals surface area contributed by atoms with Crippen molar-refractivity contribution in [2.24, 2.45) is 0 Å². The monoisotopic (exact) mass is 343 g/mol. The van der Waals surface area contributed by atoms with Gasteiger partial charge in [0.15, 0.2) is 0 Å². The van der Waals surface area contributed by atoms with Crippen LogP contribution in [-0.4, -0.2) is 34.3 Å². The number of methoxy groups -OCH3 is 1. The lowest BCUT2D eigenvalue weighted by Gasteiger charge is -2.06. The summed E-state index contributed by atoms with van der Waals surface area (Å²) >= 11 is 9.08. The summed E-state index contributed by atoms with van der Waals surface area (Å²) in [5.74, 6) is -0.211. The highest BCUT2D eigenvalue weighted by atomic mass is 79.9. The summed E-state index contributed by atoms with van der Waals surface area (Å²) in [6, 6.07) is 3.22. The van der Waals surface area contributed by atoms with E-state index in [1.165, 1.54) is 6.20 Å². The minimum atomic E-state index is -0.211. The lowest BCUT2D eigenvalue weighted by molar-refractivity contribution is 0.102. The van der Waals surface area contributed by atoms with Gasteiger partial charge in [-0.2, -0.15) is 5.10 Å². The van der Waals surface area contributed by atoms with Crippen molar-refractivity contribution in [1.82, 2.24) is 14.8 Å². The number of pyridine rings is 1. The summed E-state index contributed by atoms with van der Waals surface area (Å²) in [7, 11) is 1.60. The number of nitrogens with zero attached hydrogens (tertiary/aromatic N) is 3. The first-order valence-corrected chi connectivity index (χ1v) is 6.67. The lowest BCUT2D eigenvalue weighted by Crippen LogP contribution is -2.15. The second kappa shape index (κ2) is 6.27. The van der Waals surface area contributed by atoms with E-state index >= 15 is 0 Å². The van der Waals surface area contributed by atoms with Gasteiger partial charge in [-0.05, 0) is 28.1 Å². The van der Waals surface area contributed by atoms with Crippen molar-refractivity contribution in [3.63, 3.8) is 0 Å². The second-order valence-electron chi connectivity index (χ2n) is 3.75. The number of carbonyl (C=O) groups excluding carboxylic acids is 1. The molecular weight excluding hydrogens is 334 g/mol. The molecule has 0 aliphatic rings. The Bertz CT molecular complexity index is 583. The zero-order valence-corrected chi connectivity index (χ0v) is 12.5. The van der Waals surface area contributed by atoms with Crippen molar-refractivity contribution < 1.29 is 9.53 Å². The van der Waals surface area contributed by atoms with Gasteiger partial charge in [-0.15, -0.1) is 0 Å². The zero-order valence-electron chi connectivity index (χ0n) is 10.1. The summed E-state index contributed by atoms with van der Waals surface area (Å²) in [5.41, 5.74) is 0.774. The fourth-order valence-corrected chi connectivity index (χ4v) is 2.16. The Morgan fingerprint density at radius 3 is 2.89 bits per heavy atom. The van der Waals surface area contributed by atoms with Crippen molar-refractivity contribution in [3.05, 3.63) is 45.4 Å². The maximum absolute atomic E-state index is 12.4. The third-order valence-electron chi connectivity index (χ3n) is 2.48. The molecule has 0 atom stereocenters. The molecule has 0 aliphatic heterocycles. The van der Waals surface area contributed by atoms with Gasteiger partial charge in [0.25, 0.3) is 0 Å². The van der Waals surface area contributed by atoms with Gasteiger partial charge in [0.2, 0.25) is 5.78 Å². The van der Waals surface area contributed by atoms with E-state index in [1.54, 1.807) is 30.1 Å². The molecule has 0 amide bonds. The molecule has 0 saturated carbocycles. The highest BCUT2D eigenvalue weighted by Crippen LogP contribution is 2.19. The fraction of sp³-hybridized carbons (Fsp3) is 0.250. The van der Waals surface area contributed by atoms with E-state index in [9.17, 15) is 4.79 Å². The molecule has 19 heavy (non-hydrogen) atoms. The minimum absolute atomic E-state index is 0.211. The van der Waals surface area contributed by atoms with Crippen molar-refractivity contribution in [1.29, 1.82) is 0 Å². The van der Waals surface area contributed by atoms with E-state index in [0.29, 0.717) is 34.0 Å². The molecule has 2 rings (SSSR count). The first kappa shape index (κ1) is 14.2. The highest BCUT2D eigenvalue weighted by Gasteiger charge is 2.19. The first-order valence-electron chi connectivity index (χ1n) is 5.50. The van der Waals surface area contributed by atoms with Gasteiger partial charge < -0.3 is 4.74 Å². The van der Waals surface area contributed by atoms with E-state index in [0.717, 1.165) is 0 Å². The van der Waals surface area contributed by atoms with Crippen molar-refractivity contribution >= 4 is 33.3 Å². The van der Waals surface area contributed by atoms with Crippen LogP contribution in [0.5, 0.6) is 0 Å². The Balaban J connectivity index is 2.32. The van der Waals surface area contributed by atoms with E-state index < -0.39 is 0 Å². The molecule has 0 unspecified atom stereocenters. The SMILES string of the molecule is COCCn1ncc(Br)c1C(=O)c1ccc(Cl)cn1. The number of ether oxygens (including phenoxy) is 1. The van der Waals surface area contributed by atoms with Crippen LogP contribution in [-0.2, 0) is 11.3 Å². The van der Waals surface area contributed by atoms with Crippen LogP contribution in [0.2, 0.25) is 5.02 Å². The Labute approximate surface area is 123 Å². The molecule has 0 aliphatic carbocycles. The van der Waals surface area contributed by atoms with Gasteiger partial charge >= 0.3 is 0 Å². The van der Waals surface area contributed by atoms with Gasteiger partial charge in [0.1, 0.15) is 11.4 Å². The smallest absolute Gasteiger partial charge is 0.230 e. The van der Waals surface area contributed by atoms with Crippen LogP contribution in [0.15, 0.2) is 29.0 Å². The molecule has 0 bridgehead atoms. The van der Waals surface area contributed by atoms with E-state index in [1.807, 2.05) is 0 Å². The Morgan fingerprint density at radius 2 is 2.26 bits per heavy atom. The number of rotatable bonds is 5. The molecule has 0 radical (unpaired) electrons. The van der Waals surface area contributed by atoms with Crippen LogP contribution < -0.4 is 0 Å². The van der Waals surface area contributed by atoms with E-state index in [-0.39, 0.29) is 5.78 Å². The van der Waals surface area contributed by atoms with Crippen molar-refractivity contribution in [2.75, 3.05) is 13.7 Å². The molecule has 2 aromatic heterocycles. The molecule has 0 saturated heterocycles. The Hall–Kier alpha value is -1.24. The summed E-state index contributed by atoms with van der Waals surface area (Å²) in [6.45, 7) is 0.971. The van der Waals surface area contributed by atoms with Crippen LogP contribution in [0, 0.1) is 0 Å².